The van der Waals surface area contributed by atoms with Gasteiger partial charge in [0.2, 0.25) is 11.8 Å². The third-order valence-electron chi connectivity index (χ3n) is 12.2. The number of carboxylic acids is 1. The summed E-state index contributed by atoms with van der Waals surface area (Å²) in [7, 11) is 0. The van der Waals surface area contributed by atoms with Crippen LogP contribution in [0.25, 0.3) is 10.8 Å². The minimum Gasteiger partial charge on any atom is -0.507 e. The van der Waals surface area contributed by atoms with Crippen molar-refractivity contribution >= 4 is 69.4 Å². The normalized spacial score (nSPS) is 25.5. The number of carbonyl (C=O) groups is 5. The summed E-state index contributed by atoms with van der Waals surface area (Å²) in [5.74, 6) is -8.12. The van der Waals surface area contributed by atoms with E-state index in [1.54, 1.807) is 54.6 Å². The maximum atomic E-state index is 15.5. The van der Waals surface area contributed by atoms with Gasteiger partial charge in [0.25, 0.3) is 11.8 Å². The van der Waals surface area contributed by atoms with Crippen LogP contribution >= 0.6 is 23.2 Å². The molecule has 3 fully saturated rings. The number of hydrogen-bond acceptors (Lipinski definition) is 8. The second-order valence-electron chi connectivity index (χ2n) is 15.2. The highest BCUT2D eigenvalue weighted by Gasteiger charge is 2.70. The largest absolute Gasteiger partial charge is 0.507 e. The van der Waals surface area contributed by atoms with E-state index < -0.39 is 75.5 Å². The summed E-state index contributed by atoms with van der Waals surface area (Å²) in [4.78, 5) is 74.8. The highest BCUT2D eigenvalue weighted by Crippen LogP contribution is 2.65. The first-order valence-corrected chi connectivity index (χ1v) is 19.5. The first-order chi connectivity index (χ1) is 27.6. The lowest BCUT2D eigenvalue weighted by Gasteiger charge is -2.51. The SMILES string of the molecule is O=C(O)CCCCCN1C(=O)[C@H]2[C@H](CC=C3[C@H]2C[C@H]2C(=O)N(Nc4ncc(C(F)(F)F)cc4Cl)C(=O)[C@@]2(c2ccc(Cl)cc2)[C@H]3c2ccc(O)c3ccccc23)C1=O. The number of likely N-dealkylation sites (tertiary alicyclic amines) is 1. The summed E-state index contributed by atoms with van der Waals surface area (Å²) in [6.45, 7) is 0.104. The average Bonchev–Trinajstić information content (AvgIpc) is 3.56. The van der Waals surface area contributed by atoms with Gasteiger partial charge in [-0.2, -0.15) is 18.2 Å². The lowest BCUT2D eigenvalue weighted by Crippen LogP contribution is -2.53. The number of phenols is 1. The Hall–Kier alpha value is -5.47. The fourth-order valence-electron chi connectivity index (χ4n) is 9.69. The second-order valence-corrected chi connectivity index (χ2v) is 16.0. The van der Waals surface area contributed by atoms with Crippen LogP contribution in [0.3, 0.4) is 0 Å². The molecule has 1 aromatic heterocycles. The summed E-state index contributed by atoms with van der Waals surface area (Å²) in [6, 6.07) is 17.3. The van der Waals surface area contributed by atoms with Crippen molar-refractivity contribution in [3.8, 4) is 5.75 Å². The Morgan fingerprint density at radius 2 is 1.64 bits per heavy atom. The van der Waals surface area contributed by atoms with Crippen molar-refractivity contribution in [2.45, 2.75) is 56.0 Å². The smallest absolute Gasteiger partial charge is 0.417 e. The molecule has 2 aliphatic heterocycles. The quantitative estimate of drug-likeness (QED) is 0.0821. The molecular formula is C42H35Cl2F3N4O7. The summed E-state index contributed by atoms with van der Waals surface area (Å²) >= 11 is 12.7. The highest BCUT2D eigenvalue weighted by molar-refractivity contribution is 6.33. The molecule has 3 heterocycles. The van der Waals surface area contributed by atoms with Gasteiger partial charge in [-0.15, -0.1) is 0 Å². The average molecular weight is 836 g/mol. The fraction of sp³-hybridized carbons (Fsp3) is 0.333. The monoisotopic (exact) mass is 834 g/mol. The standard InChI is InChI=1S/C42H35Cl2F3N4O7/c43-23-11-9-21(10-12-23)41-30(38(56)51(40(41)58)49-36-31(44)18-22(20-48-36)42(45,46)47)19-29-27(35(41)26-15-16-32(52)25-7-4-3-6-24(25)26)13-14-28-34(29)39(57)50(37(28)55)17-5-1-2-8-33(53)54/h3-4,6-7,9-13,15-16,18,20,28-30,34-35,52H,1-2,5,8,14,17,19H2,(H,48,49)(H,53,54)/t28-,29+,30-,34-,35-,41+/m0/s1. The Bertz CT molecular complexity index is 2430. The first-order valence-electron chi connectivity index (χ1n) is 18.8. The molecule has 1 saturated carbocycles. The third-order valence-corrected chi connectivity index (χ3v) is 12.7. The molecule has 6 atom stereocenters. The van der Waals surface area contributed by atoms with Crippen molar-refractivity contribution in [2.24, 2.45) is 23.7 Å². The molecule has 4 aromatic rings. The number of nitrogens with zero attached hydrogens (tertiary/aromatic N) is 3. The molecule has 58 heavy (non-hydrogen) atoms. The number of hydrazine groups is 1. The molecule has 2 saturated heterocycles. The van der Waals surface area contributed by atoms with Crippen molar-refractivity contribution < 1.29 is 47.4 Å². The van der Waals surface area contributed by atoms with Crippen molar-refractivity contribution in [3.63, 3.8) is 0 Å². The first kappa shape index (κ1) is 39.4. The van der Waals surface area contributed by atoms with Gasteiger partial charge in [-0.3, -0.25) is 34.3 Å². The number of hydrogen-bond donors (Lipinski definition) is 3. The van der Waals surface area contributed by atoms with E-state index in [9.17, 15) is 37.5 Å². The number of anilines is 1. The van der Waals surface area contributed by atoms with Gasteiger partial charge in [0.15, 0.2) is 5.82 Å². The Kier molecular flexibility index (Phi) is 9.99. The summed E-state index contributed by atoms with van der Waals surface area (Å²) in [5.41, 5.74) is 1.36. The Labute approximate surface area is 339 Å². The number of fused-ring (bicyclic) bond motifs is 5. The fourth-order valence-corrected chi connectivity index (χ4v) is 10.0. The van der Waals surface area contributed by atoms with Crippen LogP contribution in [0, 0.1) is 23.7 Å². The Balaban J connectivity index is 1.29. The molecule has 3 aromatic carbocycles. The van der Waals surface area contributed by atoms with E-state index in [2.05, 4.69) is 10.4 Å². The second kappa shape index (κ2) is 14.7. The molecular weight excluding hydrogens is 800 g/mol. The zero-order chi connectivity index (χ0) is 41.3. The third kappa shape index (κ3) is 6.28. The molecule has 2 aliphatic carbocycles. The van der Waals surface area contributed by atoms with Crippen LogP contribution < -0.4 is 5.43 Å². The van der Waals surface area contributed by atoms with Gasteiger partial charge in [-0.05, 0) is 72.4 Å². The molecule has 8 rings (SSSR count). The molecule has 0 radical (unpaired) electrons. The van der Waals surface area contributed by atoms with Crippen LogP contribution in [0.1, 0.15) is 61.1 Å². The predicted octanol–water partition coefficient (Wildman–Crippen LogP) is 7.90. The molecule has 0 unspecified atom stereocenters. The zero-order valence-electron chi connectivity index (χ0n) is 30.5. The van der Waals surface area contributed by atoms with Gasteiger partial charge in [0.05, 0.1) is 33.8 Å². The number of phenolic OH excluding ortho intramolecular Hbond substituents is 1. The van der Waals surface area contributed by atoms with Gasteiger partial charge < -0.3 is 10.2 Å². The Morgan fingerprint density at radius 1 is 0.914 bits per heavy atom. The number of aromatic nitrogens is 1. The van der Waals surface area contributed by atoms with Crippen LogP contribution in [-0.2, 0) is 35.6 Å². The van der Waals surface area contributed by atoms with E-state index in [0.29, 0.717) is 64.0 Å². The van der Waals surface area contributed by atoms with E-state index >= 15 is 4.79 Å². The molecule has 3 N–H and O–H groups in total. The van der Waals surface area contributed by atoms with E-state index in [1.165, 1.54) is 11.0 Å². The van der Waals surface area contributed by atoms with Crippen LogP contribution in [0.2, 0.25) is 10.0 Å². The van der Waals surface area contributed by atoms with Crippen LogP contribution in [-0.4, -0.2) is 61.2 Å². The minimum atomic E-state index is -4.76. The number of halogens is 5. The van der Waals surface area contributed by atoms with Gasteiger partial charge >= 0.3 is 12.1 Å². The summed E-state index contributed by atoms with van der Waals surface area (Å²) < 4.78 is 40.6. The molecule has 4 aliphatic rings. The van der Waals surface area contributed by atoms with E-state index in [4.69, 9.17) is 28.3 Å². The number of amides is 4. The number of carboxylic acid groups (broad SMARTS) is 1. The summed E-state index contributed by atoms with van der Waals surface area (Å²) in [5, 5.41) is 21.7. The number of nitrogens with one attached hydrogen (secondary N) is 1. The maximum Gasteiger partial charge on any atom is 0.417 e. The number of unbranched alkanes of at least 4 members (excludes halogenated alkanes) is 2. The number of alkyl halides is 3. The molecule has 300 valence electrons. The maximum absolute atomic E-state index is 15.5. The predicted molar refractivity (Wildman–Crippen MR) is 205 cm³/mol. The van der Waals surface area contributed by atoms with E-state index in [-0.39, 0.29) is 43.3 Å². The highest BCUT2D eigenvalue weighted by atomic mass is 35.5. The van der Waals surface area contributed by atoms with Crippen molar-refractivity contribution in [3.05, 3.63) is 111 Å². The van der Waals surface area contributed by atoms with Crippen LogP contribution in [0.4, 0.5) is 19.0 Å². The van der Waals surface area contributed by atoms with E-state index in [1.807, 2.05) is 6.08 Å². The number of carbonyl (C=O) groups excluding carboxylic acids is 4. The molecule has 0 spiro atoms. The number of aliphatic carboxylic acids is 1. The number of allylic oxidation sites excluding steroid dienone is 2. The lowest BCUT2D eigenvalue weighted by molar-refractivity contribution is -0.141. The summed E-state index contributed by atoms with van der Waals surface area (Å²) in [6.07, 6.45) is -0.979. The number of pyridine rings is 1. The van der Waals surface area contributed by atoms with Gasteiger partial charge in [0.1, 0.15) is 5.75 Å². The topological polar surface area (TPSA) is 157 Å². The van der Waals surface area contributed by atoms with Crippen LogP contribution in [0.15, 0.2) is 84.6 Å². The van der Waals surface area contributed by atoms with Gasteiger partial charge in [-0.1, -0.05) is 83.7 Å². The number of benzene rings is 3. The number of rotatable bonds is 10. The molecule has 0 bridgehead atoms. The van der Waals surface area contributed by atoms with Crippen LogP contribution in [0.5, 0.6) is 5.75 Å². The van der Waals surface area contributed by atoms with Crippen molar-refractivity contribution in [2.75, 3.05) is 12.0 Å². The molecule has 11 nitrogen and oxygen atoms in total. The number of imide groups is 2. The van der Waals surface area contributed by atoms with E-state index in [0.717, 1.165) is 5.01 Å². The molecule has 4 amide bonds. The zero-order valence-corrected chi connectivity index (χ0v) is 32.0. The van der Waals surface area contributed by atoms with Gasteiger partial charge in [-0.25, -0.2) is 4.98 Å². The van der Waals surface area contributed by atoms with Crippen molar-refractivity contribution in [1.29, 1.82) is 0 Å². The minimum absolute atomic E-state index is 0.0304. The Morgan fingerprint density at radius 3 is 2.33 bits per heavy atom. The van der Waals surface area contributed by atoms with Crippen molar-refractivity contribution in [1.82, 2.24) is 14.9 Å². The lowest BCUT2D eigenvalue weighted by atomic mass is 9.49. The number of aromatic hydroxyl groups is 1. The van der Waals surface area contributed by atoms with Gasteiger partial charge in [0, 0.05) is 35.5 Å². The molecule has 16 heteroatoms.